The Balaban J connectivity index is 2.08. The highest BCUT2D eigenvalue weighted by atomic mass is 32.2. The van der Waals surface area contributed by atoms with Crippen LogP contribution in [-0.4, -0.2) is 19.9 Å². The Bertz CT molecular complexity index is 753. The van der Waals surface area contributed by atoms with E-state index in [1.807, 2.05) is 6.07 Å². The predicted molar refractivity (Wildman–Crippen MR) is 80.6 cm³/mol. The van der Waals surface area contributed by atoms with Crippen LogP contribution in [0.5, 0.6) is 0 Å². The van der Waals surface area contributed by atoms with Gasteiger partial charge in [-0.15, -0.1) is 11.3 Å². The molecule has 0 aliphatic carbocycles. The van der Waals surface area contributed by atoms with Gasteiger partial charge in [-0.25, -0.2) is 13.4 Å². The van der Waals surface area contributed by atoms with E-state index in [1.165, 1.54) is 21.8 Å². The summed E-state index contributed by atoms with van der Waals surface area (Å²) in [5, 5.41) is 0.748. The third kappa shape index (κ3) is 2.16. The highest BCUT2D eigenvalue weighted by molar-refractivity contribution is 7.94. The van der Waals surface area contributed by atoms with E-state index in [2.05, 4.69) is 4.98 Å². The summed E-state index contributed by atoms with van der Waals surface area (Å²) in [5.74, 6) is 0. The first-order valence-corrected chi connectivity index (χ1v) is 8.58. The van der Waals surface area contributed by atoms with Crippen LogP contribution >= 0.6 is 11.3 Å². The SMILES string of the molecule is Cc1ncc(S(=O)(=O)N2CCCc3cc(N)ccc32)s1. The van der Waals surface area contributed by atoms with Crippen molar-refractivity contribution in [2.45, 2.75) is 24.0 Å². The van der Waals surface area contributed by atoms with E-state index in [0.717, 1.165) is 29.1 Å². The maximum absolute atomic E-state index is 12.7. The van der Waals surface area contributed by atoms with Crippen molar-refractivity contribution < 1.29 is 8.42 Å². The largest absolute Gasteiger partial charge is 0.399 e. The third-order valence-corrected chi connectivity index (χ3v) is 6.49. The molecule has 0 fully saturated rings. The first-order valence-electron chi connectivity index (χ1n) is 6.32. The van der Waals surface area contributed by atoms with E-state index >= 15 is 0 Å². The Kier molecular flexibility index (Phi) is 3.18. The van der Waals surface area contributed by atoms with Gasteiger partial charge in [0.25, 0.3) is 10.0 Å². The molecule has 5 nitrogen and oxygen atoms in total. The second kappa shape index (κ2) is 4.75. The first kappa shape index (κ1) is 13.4. The molecule has 2 aromatic rings. The van der Waals surface area contributed by atoms with E-state index in [1.54, 1.807) is 19.1 Å². The van der Waals surface area contributed by atoms with Crippen LogP contribution in [0, 0.1) is 6.92 Å². The van der Waals surface area contributed by atoms with Gasteiger partial charge in [-0.1, -0.05) is 0 Å². The molecule has 2 heterocycles. The number of benzene rings is 1. The molecular formula is C13H15N3O2S2. The van der Waals surface area contributed by atoms with E-state index < -0.39 is 10.0 Å². The number of aromatic nitrogens is 1. The smallest absolute Gasteiger partial charge is 0.275 e. The topological polar surface area (TPSA) is 76.3 Å². The van der Waals surface area contributed by atoms with Crippen molar-refractivity contribution in [2.24, 2.45) is 0 Å². The van der Waals surface area contributed by atoms with Gasteiger partial charge in [0.2, 0.25) is 0 Å². The molecule has 0 saturated heterocycles. The summed E-state index contributed by atoms with van der Waals surface area (Å²) >= 11 is 1.20. The number of nitrogens with zero attached hydrogens (tertiary/aromatic N) is 2. The average Bonchev–Trinajstić information content (AvgIpc) is 2.85. The fraction of sp³-hybridized carbons (Fsp3) is 0.308. The summed E-state index contributed by atoms with van der Waals surface area (Å²) in [5.41, 5.74) is 8.16. The fourth-order valence-corrected chi connectivity index (χ4v) is 5.17. The lowest BCUT2D eigenvalue weighted by molar-refractivity contribution is 0.588. The number of aryl methyl sites for hydroxylation is 2. The van der Waals surface area contributed by atoms with Gasteiger partial charge < -0.3 is 5.73 Å². The predicted octanol–water partition coefficient (Wildman–Crippen LogP) is 2.18. The van der Waals surface area contributed by atoms with Crippen LogP contribution in [0.3, 0.4) is 0 Å². The lowest BCUT2D eigenvalue weighted by Crippen LogP contribution is -2.35. The van der Waals surface area contributed by atoms with Crippen LogP contribution < -0.4 is 10.0 Å². The molecule has 0 unspecified atom stereocenters. The molecule has 0 atom stereocenters. The highest BCUT2D eigenvalue weighted by Gasteiger charge is 2.30. The summed E-state index contributed by atoms with van der Waals surface area (Å²) < 4.78 is 27.2. The minimum Gasteiger partial charge on any atom is -0.399 e. The average molecular weight is 309 g/mol. The summed E-state index contributed by atoms with van der Waals surface area (Å²) in [7, 11) is -3.52. The van der Waals surface area contributed by atoms with E-state index in [-0.39, 0.29) is 0 Å². The van der Waals surface area contributed by atoms with Gasteiger partial charge in [-0.2, -0.15) is 0 Å². The van der Waals surface area contributed by atoms with Crippen LogP contribution in [0.4, 0.5) is 11.4 Å². The first-order chi connectivity index (χ1) is 9.48. The Morgan fingerprint density at radius 1 is 1.40 bits per heavy atom. The fourth-order valence-electron chi connectivity index (χ4n) is 2.40. The van der Waals surface area contributed by atoms with E-state index in [0.29, 0.717) is 16.4 Å². The second-order valence-corrected chi connectivity index (χ2v) is 8.09. The zero-order valence-corrected chi connectivity index (χ0v) is 12.7. The van der Waals surface area contributed by atoms with Crippen molar-refractivity contribution in [1.29, 1.82) is 0 Å². The van der Waals surface area contributed by atoms with Crippen molar-refractivity contribution in [1.82, 2.24) is 4.98 Å². The molecule has 0 amide bonds. The van der Waals surface area contributed by atoms with Crippen molar-refractivity contribution in [2.75, 3.05) is 16.6 Å². The Morgan fingerprint density at radius 3 is 2.90 bits per heavy atom. The molecule has 1 aromatic heterocycles. The minimum absolute atomic E-state index is 0.291. The number of hydrogen-bond acceptors (Lipinski definition) is 5. The van der Waals surface area contributed by atoms with E-state index in [9.17, 15) is 8.42 Å². The Morgan fingerprint density at radius 2 is 2.20 bits per heavy atom. The number of fused-ring (bicyclic) bond motifs is 1. The van der Waals surface area contributed by atoms with Crippen molar-refractivity contribution in [3.63, 3.8) is 0 Å². The molecule has 106 valence electrons. The normalized spacial score (nSPS) is 15.2. The van der Waals surface area contributed by atoms with Crippen molar-refractivity contribution >= 4 is 32.7 Å². The number of rotatable bonds is 2. The van der Waals surface area contributed by atoms with Gasteiger partial charge in [0.05, 0.1) is 16.9 Å². The standard InChI is InChI=1S/C13H15N3O2S2/c1-9-15-8-13(19-9)20(17,18)16-6-2-3-10-7-11(14)4-5-12(10)16/h4-5,7-8H,2-3,6,14H2,1H3. The second-order valence-electron chi connectivity index (χ2n) is 4.77. The Hall–Kier alpha value is -1.60. The number of nitrogens with two attached hydrogens (primary N) is 1. The summed E-state index contributed by atoms with van der Waals surface area (Å²) in [6.07, 6.45) is 3.09. The number of sulfonamides is 1. The zero-order valence-electron chi connectivity index (χ0n) is 11.0. The maximum Gasteiger partial charge on any atom is 0.275 e. The van der Waals surface area contributed by atoms with Crippen LogP contribution in [0.15, 0.2) is 28.6 Å². The van der Waals surface area contributed by atoms with E-state index in [4.69, 9.17) is 5.73 Å². The highest BCUT2D eigenvalue weighted by Crippen LogP contribution is 2.34. The molecule has 1 aliphatic rings. The molecule has 1 aromatic carbocycles. The Labute approximate surface area is 122 Å². The van der Waals surface area contributed by atoms with Crippen LogP contribution in [-0.2, 0) is 16.4 Å². The maximum atomic E-state index is 12.7. The molecule has 0 bridgehead atoms. The van der Waals surface area contributed by atoms with Crippen LogP contribution in [0.25, 0.3) is 0 Å². The zero-order chi connectivity index (χ0) is 14.3. The van der Waals surface area contributed by atoms with Crippen molar-refractivity contribution in [3.05, 3.63) is 35.0 Å². The molecule has 20 heavy (non-hydrogen) atoms. The summed E-state index contributed by atoms with van der Waals surface area (Å²) in [4.78, 5) is 4.04. The third-order valence-electron chi connectivity index (χ3n) is 3.32. The summed E-state index contributed by atoms with van der Waals surface area (Å²) in [6, 6.07) is 5.38. The number of hydrogen-bond donors (Lipinski definition) is 1. The molecule has 0 radical (unpaired) electrons. The van der Waals surface area contributed by atoms with Gasteiger partial charge >= 0.3 is 0 Å². The van der Waals surface area contributed by atoms with Gasteiger partial charge in [0.15, 0.2) is 4.21 Å². The van der Waals surface area contributed by atoms with Gasteiger partial charge in [0, 0.05) is 12.2 Å². The molecule has 0 saturated carbocycles. The van der Waals surface area contributed by atoms with Gasteiger partial charge in [-0.05, 0) is 43.5 Å². The molecule has 0 spiro atoms. The quantitative estimate of drug-likeness (QED) is 0.863. The van der Waals surface area contributed by atoms with Crippen molar-refractivity contribution in [3.8, 4) is 0 Å². The molecule has 2 N–H and O–H groups in total. The molecule has 7 heteroatoms. The number of nitrogen functional groups attached to an aromatic ring is 1. The number of thiazole rings is 1. The minimum atomic E-state index is -3.52. The lowest BCUT2D eigenvalue weighted by Gasteiger charge is -2.30. The molecular weight excluding hydrogens is 294 g/mol. The van der Waals surface area contributed by atoms with Gasteiger partial charge in [0.1, 0.15) is 0 Å². The monoisotopic (exact) mass is 309 g/mol. The molecule has 3 rings (SSSR count). The number of anilines is 2. The van der Waals surface area contributed by atoms with Crippen LogP contribution in [0.2, 0.25) is 0 Å². The van der Waals surface area contributed by atoms with Crippen LogP contribution in [0.1, 0.15) is 17.0 Å². The van der Waals surface area contributed by atoms with Gasteiger partial charge in [-0.3, -0.25) is 4.31 Å². The molecule has 1 aliphatic heterocycles. The lowest BCUT2D eigenvalue weighted by atomic mass is 10.0. The summed E-state index contributed by atoms with van der Waals surface area (Å²) in [6.45, 7) is 2.30.